The molecule has 0 aliphatic heterocycles. The predicted molar refractivity (Wildman–Crippen MR) is 202 cm³/mol. The lowest BCUT2D eigenvalue weighted by molar-refractivity contribution is 1.29. The molecule has 0 N–H and O–H groups in total. The molecule has 9 aromatic rings. The summed E-state index contributed by atoms with van der Waals surface area (Å²) < 4.78 is 0. The monoisotopic (exact) mass is 597 g/mol. The maximum absolute atomic E-state index is 2.38. The van der Waals surface area contributed by atoms with Gasteiger partial charge < -0.3 is 4.90 Å². The Hall–Kier alpha value is -6.18. The van der Waals surface area contributed by atoms with Crippen molar-refractivity contribution in [2.24, 2.45) is 0 Å². The van der Waals surface area contributed by atoms with E-state index >= 15 is 0 Å². The molecule has 9 rings (SSSR count). The number of rotatable bonds is 5. The molecule has 0 amide bonds. The molecule has 0 fully saturated rings. The van der Waals surface area contributed by atoms with E-state index in [1.165, 1.54) is 65.3 Å². The summed E-state index contributed by atoms with van der Waals surface area (Å²) in [5, 5.41) is 10.1. The van der Waals surface area contributed by atoms with Gasteiger partial charge in [-0.3, -0.25) is 0 Å². The van der Waals surface area contributed by atoms with Crippen LogP contribution in [0.4, 0.5) is 17.1 Å². The molecule has 9 aromatic carbocycles. The average molecular weight is 598 g/mol. The van der Waals surface area contributed by atoms with Crippen LogP contribution in [-0.4, -0.2) is 0 Å². The van der Waals surface area contributed by atoms with Crippen LogP contribution < -0.4 is 4.90 Å². The molecular weight excluding hydrogens is 567 g/mol. The number of benzene rings is 9. The van der Waals surface area contributed by atoms with E-state index in [9.17, 15) is 0 Å². The van der Waals surface area contributed by atoms with Crippen LogP contribution in [0.3, 0.4) is 0 Å². The highest BCUT2D eigenvalue weighted by Gasteiger charge is 2.16. The van der Waals surface area contributed by atoms with Crippen molar-refractivity contribution in [3.05, 3.63) is 188 Å². The molecule has 0 saturated heterocycles. The fourth-order valence-electron chi connectivity index (χ4n) is 7.04. The first kappa shape index (κ1) is 27.2. The molecule has 0 atom stereocenters. The van der Waals surface area contributed by atoms with Gasteiger partial charge in [-0.25, -0.2) is 0 Å². The molecule has 47 heavy (non-hydrogen) atoms. The summed E-state index contributed by atoms with van der Waals surface area (Å²) in [6.07, 6.45) is 0. The van der Waals surface area contributed by atoms with E-state index in [0.29, 0.717) is 0 Å². The molecule has 0 aromatic heterocycles. The van der Waals surface area contributed by atoms with Gasteiger partial charge in [-0.15, -0.1) is 0 Å². The SMILES string of the molecule is c1ccc(-c2cc(-c3ccc4ccc5c6ccccc6ccc5c4c3)cc(N(c3ccccc3)c3ccc4ccccc4c3)c2)cc1. The van der Waals surface area contributed by atoms with E-state index in [1.54, 1.807) is 0 Å². The average Bonchev–Trinajstić information content (AvgIpc) is 3.15. The summed E-state index contributed by atoms with van der Waals surface area (Å²) in [5.74, 6) is 0. The number of hydrogen-bond donors (Lipinski definition) is 0. The first-order valence-electron chi connectivity index (χ1n) is 16.2. The molecule has 0 spiro atoms. The number of anilines is 3. The van der Waals surface area contributed by atoms with Crippen molar-refractivity contribution in [1.29, 1.82) is 0 Å². The second-order valence-corrected chi connectivity index (χ2v) is 12.2. The van der Waals surface area contributed by atoms with E-state index < -0.39 is 0 Å². The topological polar surface area (TPSA) is 3.24 Å². The Balaban J connectivity index is 1.28. The summed E-state index contributed by atoms with van der Waals surface area (Å²) >= 11 is 0. The fraction of sp³-hybridized carbons (Fsp3) is 0. The van der Waals surface area contributed by atoms with Crippen LogP contribution in [0.5, 0.6) is 0 Å². The van der Waals surface area contributed by atoms with Gasteiger partial charge in [-0.05, 0) is 114 Å². The van der Waals surface area contributed by atoms with Gasteiger partial charge in [0.15, 0.2) is 0 Å². The second kappa shape index (κ2) is 11.3. The first-order valence-corrected chi connectivity index (χ1v) is 16.2. The van der Waals surface area contributed by atoms with E-state index in [1.807, 2.05) is 0 Å². The van der Waals surface area contributed by atoms with Crippen LogP contribution in [-0.2, 0) is 0 Å². The fourth-order valence-corrected chi connectivity index (χ4v) is 7.04. The summed E-state index contributed by atoms with van der Waals surface area (Å²) in [6, 6.07) is 68.4. The van der Waals surface area contributed by atoms with Gasteiger partial charge in [0.1, 0.15) is 0 Å². The summed E-state index contributed by atoms with van der Waals surface area (Å²) in [6.45, 7) is 0. The van der Waals surface area contributed by atoms with Crippen molar-refractivity contribution in [3.8, 4) is 22.3 Å². The molecule has 220 valence electrons. The van der Waals surface area contributed by atoms with Gasteiger partial charge >= 0.3 is 0 Å². The third kappa shape index (κ3) is 4.90. The highest BCUT2D eigenvalue weighted by Crippen LogP contribution is 2.41. The Labute approximate surface area is 274 Å². The lowest BCUT2D eigenvalue weighted by Gasteiger charge is -2.27. The first-order chi connectivity index (χ1) is 23.3. The molecule has 0 radical (unpaired) electrons. The minimum absolute atomic E-state index is 1.12. The Kier molecular flexibility index (Phi) is 6.54. The minimum Gasteiger partial charge on any atom is -0.310 e. The van der Waals surface area contributed by atoms with Crippen molar-refractivity contribution < 1.29 is 0 Å². The molecule has 0 unspecified atom stereocenters. The molecule has 0 aliphatic rings. The third-order valence-corrected chi connectivity index (χ3v) is 9.37. The summed E-state index contributed by atoms with van der Waals surface area (Å²) in [7, 11) is 0. The quantitative estimate of drug-likeness (QED) is 0.178. The third-order valence-electron chi connectivity index (χ3n) is 9.37. The lowest BCUT2D eigenvalue weighted by atomic mass is 9.93. The highest BCUT2D eigenvalue weighted by molar-refractivity contribution is 6.17. The van der Waals surface area contributed by atoms with Gasteiger partial charge in [0.25, 0.3) is 0 Å². The Morgan fingerprint density at radius 1 is 0.234 bits per heavy atom. The van der Waals surface area contributed by atoms with E-state index in [4.69, 9.17) is 0 Å². The van der Waals surface area contributed by atoms with Gasteiger partial charge in [-0.2, -0.15) is 0 Å². The smallest absolute Gasteiger partial charge is 0.0473 e. The van der Waals surface area contributed by atoms with E-state index in [2.05, 4.69) is 193 Å². The summed E-state index contributed by atoms with van der Waals surface area (Å²) in [5.41, 5.74) is 8.12. The number of nitrogens with zero attached hydrogens (tertiary/aromatic N) is 1. The van der Waals surface area contributed by atoms with Gasteiger partial charge in [0, 0.05) is 17.1 Å². The maximum atomic E-state index is 2.38. The van der Waals surface area contributed by atoms with Crippen LogP contribution in [0, 0.1) is 0 Å². The van der Waals surface area contributed by atoms with E-state index in [-0.39, 0.29) is 0 Å². The van der Waals surface area contributed by atoms with Crippen LogP contribution in [0.1, 0.15) is 0 Å². The molecule has 0 saturated carbocycles. The van der Waals surface area contributed by atoms with Crippen molar-refractivity contribution >= 4 is 60.2 Å². The van der Waals surface area contributed by atoms with Crippen molar-refractivity contribution in [1.82, 2.24) is 0 Å². The largest absolute Gasteiger partial charge is 0.310 e. The molecular formula is C46H31N. The lowest BCUT2D eigenvalue weighted by Crippen LogP contribution is -2.10. The van der Waals surface area contributed by atoms with E-state index in [0.717, 1.165) is 17.1 Å². The zero-order valence-corrected chi connectivity index (χ0v) is 25.8. The molecule has 1 nitrogen and oxygen atoms in total. The Morgan fingerprint density at radius 3 is 1.60 bits per heavy atom. The number of hydrogen-bond acceptors (Lipinski definition) is 1. The maximum Gasteiger partial charge on any atom is 0.0473 e. The number of fused-ring (bicyclic) bond motifs is 6. The van der Waals surface area contributed by atoms with Gasteiger partial charge in [-0.1, -0.05) is 140 Å². The highest BCUT2D eigenvalue weighted by atomic mass is 15.1. The molecule has 1 heteroatoms. The zero-order valence-electron chi connectivity index (χ0n) is 25.8. The summed E-state index contributed by atoms with van der Waals surface area (Å²) in [4.78, 5) is 2.38. The van der Waals surface area contributed by atoms with Gasteiger partial charge in [0.2, 0.25) is 0 Å². The van der Waals surface area contributed by atoms with Gasteiger partial charge in [0.05, 0.1) is 0 Å². The predicted octanol–water partition coefficient (Wildman–Crippen LogP) is 13.1. The van der Waals surface area contributed by atoms with Crippen LogP contribution >= 0.6 is 0 Å². The van der Waals surface area contributed by atoms with Crippen molar-refractivity contribution in [2.45, 2.75) is 0 Å². The zero-order chi connectivity index (χ0) is 31.2. The minimum atomic E-state index is 1.12. The molecule has 0 heterocycles. The normalized spacial score (nSPS) is 11.4. The van der Waals surface area contributed by atoms with Crippen LogP contribution in [0.15, 0.2) is 188 Å². The van der Waals surface area contributed by atoms with Crippen molar-refractivity contribution in [2.75, 3.05) is 4.90 Å². The molecule has 0 aliphatic carbocycles. The Morgan fingerprint density at radius 2 is 0.809 bits per heavy atom. The van der Waals surface area contributed by atoms with Crippen molar-refractivity contribution in [3.63, 3.8) is 0 Å². The number of para-hydroxylation sites is 1. The standard InChI is InChI=1S/C46H31N/c1-3-11-32(12-4-1)38-27-39(37-20-19-35-23-25-44-43-18-10-9-14-34(43)22-26-45(44)46(35)31-37)30-42(29-38)47(40-16-5-2-6-17-40)41-24-21-33-13-7-8-15-36(33)28-41/h1-31H. The Bertz CT molecular complexity index is 2570. The molecule has 0 bridgehead atoms. The second-order valence-electron chi connectivity index (χ2n) is 12.2. The van der Waals surface area contributed by atoms with Crippen LogP contribution in [0.25, 0.3) is 65.3 Å². The van der Waals surface area contributed by atoms with Crippen LogP contribution in [0.2, 0.25) is 0 Å².